The van der Waals surface area contributed by atoms with Crippen LogP contribution in [0.5, 0.6) is 5.75 Å². The van der Waals surface area contributed by atoms with Crippen LogP contribution in [0, 0.1) is 6.92 Å². The van der Waals surface area contributed by atoms with E-state index in [2.05, 4.69) is 19.0 Å². The standard InChI is InChI=1S/C19H22N2O3/c1-13(2)15-8-10-17(11-9-15)23-12-18(22)24-21-19(20)16-6-4-14(3)5-7-16/h4-11,13H,12H2,1-3H3,(H2,20,21). The second kappa shape index (κ2) is 8.15. The monoisotopic (exact) mass is 326 g/mol. The number of aryl methyl sites for hydroxylation is 1. The Morgan fingerprint density at radius 3 is 2.29 bits per heavy atom. The normalized spacial score (nSPS) is 11.4. The summed E-state index contributed by atoms with van der Waals surface area (Å²) in [6, 6.07) is 15.0. The molecule has 2 aromatic carbocycles. The van der Waals surface area contributed by atoms with Crippen LogP contribution in [0.4, 0.5) is 0 Å². The number of hydrogen-bond acceptors (Lipinski definition) is 4. The van der Waals surface area contributed by atoms with Crippen LogP contribution in [-0.2, 0) is 9.63 Å². The van der Waals surface area contributed by atoms with Crippen LogP contribution in [-0.4, -0.2) is 18.4 Å². The van der Waals surface area contributed by atoms with Crippen molar-refractivity contribution in [2.24, 2.45) is 10.9 Å². The zero-order chi connectivity index (χ0) is 17.5. The van der Waals surface area contributed by atoms with Gasteiger partial charge >= 0.3 is 5.97 Å². The maximum atomic E-state index is 11.7. The van der Waals surface area contributed by atoms with Crippen molar-refractivity contribution in [2.75, 3.05) is 6.61 Å². The molecule has 126 valence electrons. The average molecular weight is 326 g/mol. The molecular weight excluding hydrogens is 304 g/mol. The van der Waals surface area contributed by atoms with Crippen molar-refractivity contribution in [1.82, 2.24) is 0 Å². The first kappa shape index (κ1) is 17.5. The number of nitrogens with two attached hydrogens (primary N) is 1. The van der Waals surface area contributed by atoms with Crippen molar-refractivity contribution in [3.05, 3.63) is 65.2 Å². The van der Waals surface area contributed by atoms with Crippen LogP contribution in [0.15, 0.2) is 53.7 Å². The van der Waals surface area contributed by atoms with Crippen molar-refractivity contribution in [2.45, 2.75) is 26.7 Å². The molecule has 5 nitrogen and oxygen atoms in total. The molecule has 0 saturated carbocycles. The zero-order valence-electron chi connectivity index (χ0n) is 14.2. The van der Waals surface area contributed by atoms with Crippen LogP contribution in [0.3, 0.4) is 0 Å². The summed E-state index contributed by atoms with van der Waals surface area (Å²) in [7, 11) is 0. The number of hydrogen-bond donors (Lipinski definition) is 1. The molecule has 0 saturated heterocycles. The molecule has 0 aliphatic heterocycles. The van der Waals surface area contributed by atoms with E-state index < -0.39 is 5.97 Å². The maximum Gasteiger partial charge on any atom is 0.372 e. The third-order valence-electron chi connectivity index (χ3n) is 3.50. The quantitative estimate of drug-likeness (QED) is 0.382. The topological polar surface area (TPSA) is 73.9 Å². The van der Waals surface area contributed by atoms with E-state index in [9.17, 15) is 4.79 Å². The molecule has 0 heterocycles. The SMILES string of the molecule is Cc1ccc(C(N)=NOC(=O)COc2ccc(C(C)C)cc2)cc1. The van der Waals surface area contributed by atoms with E-state index in [0.717, 1.165) is 5.56 Å². The average Bonchev–Trinajstić information content (AvgIpc) is 2.58. The largest absolute Gasteiger partial charge is 0.482 e. The Balaban J connectivity index is 1.84. The molecule has 0 fully saturated rings. The fourth-order valence-corrected chi connectivity index (χ4v) is 1.99. The fraction of sp³-hybridized carbons (Fsp3) is 0.263. The second-order valence-corrected chi connectivity index (χ2v) is 5.82. The minimum atomic E-state index is -0.613. The van der Waals surface area contributed by atoms with Crippen molar-refractivity contribution in [1.29, 1.82) is 0 Å². The summed E-state index contributed by atoms with van der Waals surface area (Å²) >= 11 is 0. The molecule has 0 bridgehead atoms. The maximum absolute atomic E-state index is 11.7. The van der Waals surface area contributed by atoms with E-state index in [-0.39, 0.29) is 12.4 Å². The van der Waals surface area contributed by atoms with Gasteiger partial charge in [-0.15, -0.1) is 0 Å². The van der Waals surface area contributed by atoms with Gasteiger partial charge in [-0.05, 0) is 30.5 Å². The van der Waals surface area contributed by atoms with E-state index in [1.165, 1.54) is 5.56 Å². The Bertz CT molecular complexity index is 704. The van der Waals surface area contributed by atoms with Gasteiger partial charge in [0.05, 0.1) is 0 Å². The number of carbonyl (C=O) groups is 1. The molecule has 0 amide bonds. The highest BCUT2D eigenvalue weighted by Crippen LogP contribution is 2.18. The van der Waals surface area contributed by atoms with Crippen LogP contribution in [0.1, 0.15) is 36.5 Å². The highest BCUT2D eigenvalue weighted by molar-refractivity contribution is 5.97. The smallest absolute Gasteiger partial charge is 0.372 e. The molecule has 0 aromatic heterocycles. The van der Waals surface area contributed by atoms with Gasteiger partial charge < -0.3 is 15.3 Å². The Labute approximate surface area is 142 Å². The molecule has 24 heavy (non-hydrogen) atoms. The van der Waals surface area contributed by atoms with Crippen molar-refractivity contribution < 1.29 is 14.4 Å². The summed E-state index contributed by atoms with van der Waals surface area (Å²) in [5, 5.41) is 3.64. The minimum Gasteiger partial charge on any atom is -0.482 e. The summed E-state index contributed by atoms with van der Waals surface area (Å²) in [6.45, 7) is 5.97. The first-order valence-electron chi connectivity index (χ1n) is 7.79. The first-order chi connectivity index (χ1) is 11.5. The van der Waals surface area contributed by atoms with Gasteiger partial charge in [-0.2, -0.15) is 0 Å². The summed E-state index contributed by atoms with van der Waals surface area (Å²) in [6.07, 6.45) is 0. The Morgan fingerprint density at radius 2 is 1.71 bits per heavy atom. The number of carbonyl (C=O) groups excluding carboxylic acids is 1. The first-order valence-corrected chi connectivity index (χ1v) is 7.79. The Morgan fingerprint density at radius 1 is 1.08 bits per heavy atom. The van der Waals surface area contributed by atoms with E-state index in [4.69, 9.17) is 15.3 Å². The number of benzene rings is 2. The van der Waals surface area contributed by atoms with Gasteiger partial charge in [-0.25, -0.2) is 4.79 Å². The number of nitrogens with zero attached hydrogens (tertiary/aromatic N) is 1. The second-order valence-electron chi connectivity index (χ2n) is 5.82. The molecule has 0 aliphatic rings. The highest BCUT2D eigenvalue weighted by Gasteiger charge is 2.06. The number of amidine groups is 1. The van der Waals surface area contributed by atoms with E-state index in [0.29, 0.717) is 17.2 Å². The van der Waals surface area contributed by atoms with Gasteiger partial charge in [-0.3, -0.25) is 0 Å². The third-order valence-corrected chi connectivity index (χ3v) is 3.50. The van der Waals surface area contributed by atoms with Crippen molar-refractivity contribution in [3.8, 4) is 5.75 Å². The lowest BCUT2D eigenvalue weighted by Crippen LogP contribution is -2.18. The van der Waals surface area contributed by atoms with Crippen LogP contribution in [0.2, 0.25) is 0 Å². The molecule has 5 heteroatoms. The van der Waals surface area contributed by atoms with Gasteiger partial charge in [0, 0.05) is 5.56 Å². The molecule has 2 N–H and O–H groups in total. The van der Waals surface area contributed by atoms with Gasteiger partial charge in [0.25, 0.3) is 0 Å². The molecule has 0 aliphatic carbocycles. The van der Waals surface area contributed by atoms with Crippen LogP contribution >= 0.6 is 0 Å². The number of oxime groups is 1. The van der Waals surface area contributed by atoms with Gasteiger partial charge in [0.15, 0.2) is 12.4 Å². The van der Waals surface area contributed by atoms with Crippen molar-refractivity contribution >= 4 is 11.8 Å². The van der Waals surface area contributed by atoms with E-state index in [1.807, 2.05) is 55.5 Å². The third kappa shape index (κ3) is 5.12. The van der Waals surface area contributed by atoms with Crippen LogP contribution < -0.4 is 10.5 Å². The Kier molecular flexibility index (Phi) is 5.95. The molecule has 0 spiro atoms. The Hall–Kier alpha value is -2.82. The number of rotatable bonds is 6. The number of ether oxygens (including phenoxy) is 1. The van der Waals surface area contributed by atoms with E-state index in [1.54, 1.807) is 0 Å². The molecule has 0 unspecified atom stereocenters. The predicted octanol–water partition coefficient (Wildman–Crippen LogP) is 3.36. The van der Waals surface area contributed by atoms with Gasteiger partial charge in [-0.1, -0.05) is 61.0 Å². The summed E-state index contributed by atoms with van der Waals surface area (Å²) < 4.78 is 5.37. The predicted molar refractivity (Wildman–Crippen MR) is 94.0 cm³/mol. The van der Waals surface area contributed by atoms with E-state index >= 15 is 0 Å². The summed E-state index contributed by atoms with van der Waals surface area (Å²) in [4.78, 5) is 16.4. The summed E-state index contributed by atoms with van der Waals surface area (Å²) in [5.74, 6) is 0.581. The highest BCUT2D eigenvalue weighted by atomic mass is 16.7. The minimum absolute atomic E-state index is 0.143. The molecular formula is C19H22N2O3. The van der Waals surface area contributed by atoms with Gasteiger partial charge in [0.1, 0.15) is 5.75 Å². The lowest BCUT2D eigenvalue weighted by atomic mass is 10.0. The van der Waals surface area contributed by atoms with Gasteiger partial charge in [0.2, 0.25) is 0 Å². The van der Waals surface area contributed by atoms with Crippen LogP contribution in [0.25, 0.3) is 0 Å². The fourth-order valence-electron chi connectivity index (χ4n) is 1.99. The molecule has 0 radical (unpaired) electrons. The lowest BCUT2D eigenvalue weighted by Gasteiger charge is -2.08. The molecule has 0 atom stereocenters. The zero-order valence-corrected chi connectivity index (χ0v) is 14.2. The van der Waals surface area contributed by atoms with Crippen molar-refractivity contribution in [3.63, 3.8) is 0 Å². The lowest BCUT2D eigenvalue weighted by molar-refractivity contribution is -0.146. The summed E-state index contributed by atoms with van der Waals surface area (Å²) in [5.41, 5.74) is 8.79. The molecule has 2 aromatic rings. The molecule has 2 rings (SSSR count).